The van der Waals surface area contributed by atoms with E-state index in [0.29, 0.717) is 6.04 Å². The summed E-state index contributed by atoms with van der Waals surface area (Å²) < 4.78 is 0. The first kappa shape index (κ1) is 15.1. The Kier molecular flexibility index (Phi) is 4.38. The average molecular weight is 318 g/mol. The fourth-order valence-corrected chi connectivity index (χ4v) is 3.54. The van der Waals surface area contributed by atoms with Gasteiger partial charge in [0.25, 0.3) is 0 Å². The molecule has 1 fully saturated rings. The quantitative estimate of drug-likeness (QED) is 0.796. The molecule has 1 unspecified atom stereocenters. The summed E-state index contributed by atoms with van der Waals surface area (Å²) in [6, 6.07) is 13.1. The molecule has 2 aromatic heterocycles. The van der Waals surface area contributed by atoms with Crippen molar-refractivity contribution in [3.63, 3.8) is 0 Å². The second kappa shape index (κ2) is 6.97. The summed E-state index contributed by atoms with van der Waals surface area (Å²) in [6.45, 7) is 3.20. The van der Waals surface area contributed by atoms with Crippen LogP contribution in [0.2, 0.25) is 0 Å². The third-order valence-corrected chi connectivity index (χ3v) is 4.67. The normalized spacial score (nSPS) is 18.6. The van der Waals surface area contributed by atoms with Crippen molar-refractivity contribution in [2.24, 2.45) is 0 Å². The molecule has 0 saturated carbocycles. The molecule has 1 aliphatic heterocycles. The molecule has 0 bridgehead atoms. The van der Waals surface area contributed by atoms with Crippen molar-refractivity contribution in [1.29, 1.82) is 0 Å². The van der Waals surface area contributed by atoms with Gasteiger partial charge < -0.3 is 5.32 Å². The minimum absolute atomic E-state index is 0.481. The molecule has 0 amide bonds. The molecule has 3 heterocycles. The Morgan fingerprint density at radius 2 is 2.00 bits per heavy atom. The molecule has 3 aromatic rings. The minimum atomic E-state index is 0.481. The van der Waals surface area contributed by atoms with Crippen LogP contribution < -0.4 is 5.32 Å². The number of pyridine rings is 2. The molecule has 4 heteroatoms. The third kappa shape index (κ3) is 3.39. The van der Waals surface area contributed by atoms with Crippen LogP contribution in [-0.4, -0.2) is 34.0 Å². The molecule has 1 atom stereocenters. The smallest absolute Gasteiger partial charge is 0.0423 e. The van der Waals surface area contributed by atoms with Crippen LogP contribution in [0, 0.1) is 0 Å². The van der Waals surface area contributed by atoms with Crippen LogP contribution in [0.15, 0.2) is 61.2 Å². The van der Waals surface area contributed by atoms with Gasteiger partial charge in [0.2, 0.25) is 0 Å². The highest BCUT2D eigenvalue weighted by Crippen LogP contribution is 2.25. The Morgan fingerprint density at radius 1 is 1.04 bits per heavy atom. The van der Waals surface area contributed by atoms with Gasteiger partial charge in [-0.3, -0.25) is 14.9 Å². The average Bonchev–Trinajstić information content (AvgIpc) is 2.63. The topological polar surface area (TPSA) is 41.1 Å². The highest BCUT2D eigenvalue weighted by atomic mass is 15.2. The Balaban J connectivity index is 1.46. The molecule has 1 aromatic carbocycles. The van der Waals surface area contributed by atoms with E-state index in [1.807, 2.05) is 30.9 Å². The number of hydrogen-bond acceptors (Lipinski definition) is 4. The predicted molar refractivity (Wildman–Crippen MR) is 97.9 cm³/mol. The van der Waals surface area contributed by atoms with Crippen LogP contribution in [0.5, 0.6) is 0 Å². The summed E-state index contributed by atoms with van der Waals surface area (Å²) in [6.07, 6.45) is 10.0. The van der Waals surface area contributed by atoms with Gasteiger partial charge in [-0.15, -0.1) is 0 Å². The summed E-state index contributed by atoms with van der Waals surface area (Å²) in [5.74, 6) is 0. The zero-order valence-electron chi connectivity index (χ0n) is 13.7. The van der Waals surface area contributed by atoms with E-state index in [1.54, 1.807) is 0 Å². The Hall–Kier alpha value is -2.46. The van der Waals surface area contributed by atoms with Crippen molar-refractivity contribution >= 4 is 16.5 Å². The van der Waals surface area contributed by atoms with Crippen molar-refractivity contribution in [3.8, 4) is 0 Å². The summed E-state index contributed by atoms with van der Waals surface area (Å²) in [4.78, 5) is 11.0. The number of aromatic nitrogens is 2. The number of nitrogens with one attached hydrogen (secondary N) is 1. The van der Waals surface area contributed by atoms with Gasteiger partial charge in [0.1, 0.15) is 0 Å². The van der Waals surface area contributed by atoms with Gasteiger partial charge in [-0.1, -0.05) is 18.2 Å². The van der Waals surface area contributed by atoms with E-state index >= 15 is 0 Å². The largest absolute Gasteiger partial charge is 0.381 e. The van der Waals surface area contributed by atoms with Crippen LogP contribution in [-0.2, 0) is 6.54 Å². The second-order valence-electron chi connectivity index (χ2n) is 6.48. The van der Waals surface area contributed by atoms with Gasteiger partial charge in [-0.2, -0.15) is 0 Å². The molecule has 1 saturated heterocycles. The highest BCUT2D eigenvalue weighted by molar-refractivity contribution is 5.93. The number of hydrogen-bond donors (Lipinski definition) is 1. The van der Waals surface area contributed by atoms with E-state index in [2.05, 4.69) is 50.5 Å². The lowest BCUT2D eigenvalue weighted by Crippen LogP contribution is -2.41. The number of anilines is 1. The number of piperidine rings is 1. The SMILES string of the molecule is c1cncc(CN2CCCC(Nc3cccc4cnccc34)C2)c1. The molecule has 1 N–H and O–H groups in total. The van der Waals surface area contributed by atoms with Crippen molar-refractivity contribution < 1.29 is 0 Å². The number of rotatable bonds is 4. The number of nitrogens with zero attached hydrogens (tertiary/aromatic N) is 3. The lowest BCUT2D eigenvalue weighted by atomic mass is 10.0. The van der Waals surface area contributed by atoms with Crippen LogP contribution in [0.1, 0.15) is 18.4 Å². The predicted octanol–water partition coefficient (Wildman–Crippen LogP) is 3.71. The Bertz CT molecular complexity index is 798. The van der Waals surface area contributed by atoms with Crippen molar-refractivity contribution in [2.75, 3.05) is 18.4 Å². The standard InChI is InChI=1S/C20H22N4/c1-5-17-13-22-10-8-19(17)20(7-1)23-18-6-3-11-24(15-18)14-16-4-2-9-21-12-16/h1-2,4-5,7-10,12-13,18,23H,3,6,11,14-15H2. The van der Waals surface area contributed by atoms with Crippen molar-refractivity contribution in [1.82, 2.24) is 14.9 Å². The summed E-state index contributed by atoms with van der Waals surface area (Å²) in [5.41, 5.74) is 2.50. The molecule has 0 aliphatic carbocycles. The van der Waals surface area contributed by atoms with Crippen molar-refractivity contribution in [2.45, 2.75) is 25.4 Å². The summed E-state index contributed by atoms with van der Waals surface area (Å²) in [5, 5.41) is 6.19. The molecule has 122 valence electrons. The molecule has 0 spiro atoms. The Labute approximate surface area is 142 Å². The maximum absolute atomic E-state index is 4.22. The number of likely N-dealkylation sites (tertiary alicyclic amines) is 1. The minimum Gasteiger partial charge on any atom is -0.381 e. The number of benzene rings is 1. The van der Waals surface area contributed by atoms with Gasteiger partial charge in [-0.25, -0.2) is 0 Å². The van der Waals surface area contributed by atoms with E-state index in [9.17, 15) is 0 Å². The van der Waals surface area contributed by atoms with Gasteiger partial charge in [-0.05, 0) is 43.1 Å². The molecule has 1 aliphatic rings. The highest BCUT2D eigenvalue weighted by Gasteiger charge is 2.20. The molecular weight excluding hydrogens is 296 g/mol. The molecular formula is C20H22N4. The van der Waals surface area contributed by atoms with E-state index in [4.69, 9.17) is 0 Å². The zero-order valence-corrected chi connectivity index (χ0v) is 13.7. The summed E-state index contributed by atoms with van der Waals surface area (Å²) >= 11 is 0. The van der Waals surface area contributed by atoms with E-state index in [-0.39, 0.29) is 0 Å². The van der Waals surface area contributed by atoms with Gasteiger partial charge >= 0.3 is 0 Å². The van der Waals surface area contributed by atoms with Gasteiger partial charge in [0.05, 0.1) is 0 Å². The molecule has 24 heavy (non-hydrogen) atoms. The van der Waals surface area contributed by atoms with E-state index in [0.717, 1.165) is 19.6 Å². The fraction of sp³-hybridized carbons (Fsp3) is 0.300. The number of fused-ring (bicyclic) bond motifs is 1. The fourth-order valence-electron chi connectivity index (χ4n) is 3.54. The first-order valence-corrected chi connectivity index (χ1v) is 8.59. The zero-order chi connectivity index (χ0) is 16.2. The lowest BCUT2D eigenvalue weighted by molar-refractivity contribution is 0.208. The molecule has 4 rings (SSSR count). The second-order valence-corrected chi connectivity index (χ2v) is 6.48. The summed E-state index contributed by atoms with van der Waals surface area (Å²) in [7, 11) is 0. The van der Waals surface area contributed by atoms with Gasteiger partial charge in [0, 0.05) is 60.4 Å². The first-order valence-electron chi connectivity index (χ1n) is 8.59. The van der Waals surface area contributed by atoms with E-state index in [1.165, 1.54) is 34.9 Å². The van der Waals surface area contributed by atoms with E-state index < -0.39 is 0 Å². The van der Waals surface area contributed by atoms with Crippen LogP contribution in [0.4, 0.5) is 5.69 Å². The van der Waals surface area contributed by atoms with Gasteiger partial charge in [0.15, 0.2) is 0 Å². The maximum atomic E-state index is 4.22. The van der Waals surface area contributed by atoms with Crippen LogP contribution in [0.3, 0.4) is 0 Å². The molecule has 4 nitrogen and oxygen atoms in total. The maximum Gasteiger partial charge on any atom is 0.0423 e. The lowest BCUT2D eigenvalue weighted by Gasteiger charge is -2.33. The monoisotopic (exact) mass is 318 g/mol. The first-order chi connectivity index (χ1) is 11.9. The van der Waals surface area contributed by atoms with Crippen LogP contribution >= 0.6 is 0 Å². The van der Waals surface area contributed by atoms with Crippen LogP contribution in [0.25, 0.3) is 10.8 Å². The molecule has 0 radical (unpaired) electrons. The Morgan fingerprint density at radius 3 is 2.92 bits per heavy atom. The third-order valence-electron chi connectivity index (χ3n) is 4.67. The van der Waals surface area contributed by atoms with Crippen molar-refractivity contribution in [3.05, 3.63) is 66.7 Å².